The van der Waals surface area contributed by atoms with Gasteiger partial charge in [0.1, 0.15) is 0 Å². The van der Waals surface area contributed by atoms with Crippen LogP contribution in [0, 0.1) is 5.21 Å². The number of hydrogen-bond donors (Lipinski definition) is 3. The zero-order valence-corrected chi connectivity index (χ0v) is 15.0. The summed E-state index contributed by atoms with van der Waals surface area (Å²) >= 11 is 11.6. The van der Waals surface area contributed by atoms with Crippen LogP contribution < -0.4 is 10.5 Å². The van der Waals surface area contributed by atoms with Gasteiger partial charge in [-0.15, -0.1) is 0 Å². The predicted molar refractivity (Wildman–Crippen MR) is 94.6 cm³/mol. The predicted octanol–water partition coefficient (Wildman–Crippen LogP) is 1.55. The van der Waals surface area contributed by atoms with E-state index < -0.39 is 35.0 Å². The number of amides is 1. The van der Waals surface area contributed by atoms with E-state index in [1.54, 1.807) is 12.1 Å². The van der Waals surface area contributed by atoms with Crippen molar-refractivity contribution in [3.05, 3.63) is 68.8 Å². The van der Waals surface area contributed by atoms with Gasteiger partial charge in [0.2, 0.25) is 6.04 Å². The Morgan fingerprint density at radius 3 is 2.56 bits per heavy atom. The minimum Gasteiger partial charge on any atom is -0.599 e. The van der Waals surface area contributed by atoms with E-state index in [0.29, 0.717) is 0 Å². The Labute approximate surface area is 162 Å². The number of ketones is 1. The Morgan fingerprint density at radius 1 is 1.19 bits per heavy atom. The number of rotatable bonds is 5. The zero-order chi connectivity index (χ0) is 19.7. The van der Waals surface area contributed by atoms with Crippen molar-refractivity contribution < 1.29 is 29.6 Å². The second-order valence-corrected chi connectivity index (χ2v) is 6.49. The summed E-state index contributed by atoms with van der Waals surface area (Å²) in [4.78, 5) is 36.7. The van der Waals surface area contributed by atoms with Gasteiger partial charge in [0.05, 0.1) is 15.6 Å². The first kappa shape index (κ1) is 19.3. The molecule has 27 heavy (non-hydrogen) atoms. The molecule has 1 amide bonds. The molecule has 1 heterocycles. The lowest BCUT2D eigenvalue weighted by Crippen LogP contribution is -3.11. The summed E-state index contributed by atoms with van der Waals surface area (Å²) in [6.07, 6.45) is -1.39. The first-order chi connectivity index (χ1) is 12.8. The molecule has 0 bridgehead atoms. The van der Waals surface area contributed by atoms with Crippen LogP contribution in [0.15, 0.2) is 42.5 Å². The van der Waals surface area contributed by atoms with Gasteiger partial charge >= 0.3 is 5.97 Å². The zero-order valence-electron chi connectivity index (χ0n) is 13.4. The molecule has 3 rings (SSSR count). The smallest absolute Gasteiger partial charge is 0.339 e. The summed E-state index contributed by atoms with van der Waals surface area (Å²) in [5.41, 5.74) is 0.563. The van der Waals surface area contributed by atoms with Gasteiger partial charge in [-0.3, -0.25) is 9.59 Å². The summed E-state index contributed by atoms with van der Waals surface area (Å²) in [6.45, 7) is 0. The number of hydrogen-bond acceptors (Lipinski definition) is 6. The van der Waals surface area contributed by atoms with Crippen LogP contribution in [0.2, 0.25) is 10.0 Å². The quantitative estimate of drug-likeness (QED) is 0.390. The number of carbonyl (C=O) groups is 3. The van der Waals surface area contributed by atoms with Crippen LogP contribution in [-0.2, 0) is 14.3 Å². The molecular weight excluding hydrogens is 399 g/mol. The van der Waals surface area contributed by atoms with E-state index in [-0.39, 0.29) is 26.9 Å². The van der Waals surface area contributed by atoms with E-state index in [0.717, 1.165) is 0 Å². The van der Waals surface area contributed by atoms with Crippen LogP contribution in [0.25, 0.3) is 0 Å². The summed E-state index contributed by atoms with van der Waals surface area (Å²) in [5.74, 6) is -3.19. The van der Waals surface area contributed by atoms with Crippen molar-refractivity contribution in [2.45, 2.75) is 12.1 Å². The maximum Gasteiger partial charge on any atom is 0.339 e. The Morgan fingerprint density at radius 2 is 1.89 bits per heavy atom. The fourth-order valence-electron chi connectivity index (χ4n) is 2.71. The van der Waals surface area contributed by atoms with Gasteiger partial charge in [0.25, 0.3) is 11.7 Å². The SMILES string of the molecule is O=C(Nc1ccc(Cl)c(Cl)c1)C(=O)C(C1OC(=O)c2ccccc21)[NH+]([O-])O. The number of anilines is 1. The summed E-state index contributed by atoms with van der Waals surface area (Å²) in [6, 6.07) is 8.33. The summed E-state index contributed by atoms with van der Waals surface area (Å²) in [5, 5.41) is 22.2. The first-order valence-electron chi connectivity index (χ1n) is 7.62. The minimum absolute atomic E-state index is 0.148. The molecule has 10 heteroatoms. The number of Topliss-reactive ketones (excluding diaryl/α,β-unsaturated/α-hetero) is 1. The molecule has 0 aromatic heterocycles. The number of carbonyl (C=O) groups excluding carboxylic acids is 3. The number of benzene rings is 2. The Hall–Kier alpha value is -2.49. The number of ether oxygens (including phenoxy) is 1. The topological polar surface area (TPSA) is 120 Å². The van der Waals surface area contributed by atoms with Crippen molar-refractivity contribution >= 4 is 46.5 Å². The molecule has 0 fully saturated rings. The number of hydroxylamine groups is 2. The van der Waals surface area contributed by atoms with Gasteiger partial charge in [-0.25, -0.2) is 15.2 Å². The molecule has 0 saturated carbocycles. The highest BCUT2D eigenvalue weighted by Crippen LogP contribution is 2.32. The molecule has 1 aliphatic heterocycles. The van der Waals surface area contributed by atoms with E-state index >= 15 is 0 Å². The van der Waals surface area contributed by atoms with Crippen LogP contribution in [0.5, 0.6) is 0 Å². The number of cyclic esters (lactones) is 1. The van der Waals surface area contributed by atoms with Gasteiger partial charge in [0.15, 0.2) is 6.10 Å². The van der Waals surface area contributed by atoms with Crippen molar-refractivity contribution in [1.82, 2.24) is 0 Å². The summed E-state index contributed by atoms with van der Waals surface area (Å²) in [7, 11) is 0. The van der Waals surface area contributed by atoms with Gasteiger partial charge in [0, 0.05) is 11.3 Å². The van der Waals surface area contributed by atoms with Crippen LogP contribution >= 0.6 is 23.2 Å². The lowest BCUT2D eigenvalue weighted by Gasteiger charge is -2.26. The van der Waals surface area contributed by atoms with E-state index in [1.165, 1.54) is 30.3 Å². The molecule has 0 radical (unpaired) electrons. The average molecular weight is 411 g/mol. The minimum atomic E-state index is -1.89. The molecule has 2 aromatic carbocycles. The standard InChI is InChI=1S/C17H12Cl2N2O6/c18-11-6-5-8(7-12(11)19)20-16(23)14(22)13(21(25)26)15-9-3-1-2-4-10(9)17(24)27-15/h1-7,13,15,21,25H,(H,20,23). The monoisotopic (exact) mass is 410 g/mol. The molecule has 8 nitrogen and oxygen atoms in total. The highest BCUT2D eigenvalue weighted by Gasteiger charge is 2.46. The molecule has 3 atom stereocenters. The molecule has 3 N–H and O–H groups in total. The van der Waals surface area contributed by atoms with Crippen LogP contribution in [-0.4, -0.2) is 28.9 Å². The van der Waals surface area contributed by atoms with Crippen molar-refractivity contribution in [3.8, 4) is 0 Å². The largest absolute Gasteiger partial charge is 0.599 e. The first-order valence-corrected chi connectivity index (χ1v) is 8.38. The molecule has 0 spiro atoms. The van der Waals surface area contributed by atoms with Gasteiger partial charge in [-0.2, -0.15) is 0 Å². The lowest BCUT2D eigenvalue weighted by atomic mass is 9.97. The highest BCUT2D eigenvalue weighted by atomic mass is 35.5. The van der Waals surface area contributed by atoms with Gasteiger partial charge in [-0.1, -0.05) is 41.4 Å². The molecule has 2 aromatic rings. The second-order valence-electron chi connectivity index (χ2n) is 5.68. The average Bonchev–Trinajstić information content (AvgIpc) is 2.95. The van der Waals surface area contributed by atoms with E-state index in [2.05, 4.69) is 5.32 Å². The Kier molecular flexibility index (Phi) is 5.45. The highest BCUT2D eigenvalue weighted by molar-refractivity contribution is 6.43. The Balaban J connectivity index is 1.85. The molecule has 0 aliphatic carbocycles. The molecular formula is C17H12Cl2N2O6. The van der Waals surface area contributed by atoms with Gasteiger partial charge in [-0.05, 0) is 24.3 Å². The number of esters is 1. The molecule has 0 saturated heterocycles. The molecule has 140 valence electrons. The molecule has 3 unspecified atom stereocenters. The van der Waals surface area contributed by atoms with Crippen molar-refractivity contribution in [1.29, 1.82) is 0 Å². The third kappa shape index (κ3) is 3.80. The van der Waals surface area contributed by atoms with E-state index in [1.807, 2.05) is 0 Å². The van der Waals surface area contributed by atoms with E-state index in [9.17, 15) is 24.8 Å². The molecule has 1 aliphatic rings. The number of fused-ring (bicyclic) bond motifs is 1. The normalized spacial score (nSPS) is 17.6. The van der Waals surface area contributed by atoms with Crippen molar-refractivity contribution in [2.24, 2.45) is 0 Å². The second kappa shape index (κ2) is 7.63. The fraction of sp³-hybridized carbons (Fsp3) is 0.118. The third-order valence-corrected chi connectivity index (χ3v) is 4.71. The number of quaternary nitrogens is 1. The van der Waals surface area contributed by atoms with Crippen molar-refractivity contribution in [3.63, 3.8) is 0 Å². The van der Waals surface area contributed by atoms with Crippen LogP contribution in [0.4, 0.5) is 5.69 Å². The summed E-state index contributed by atoms with van der Waals surface area (Å²) < 4.78 is 5.05. The van der Waals surface area contributed by atoms with Crippen LogP contribution in [0.1, 0.15) is 22.0 Å². The maximum atomic E-state index is 12.5. The third-order valence-electron chi connectivity index (χ3n) is 3.97. The Bertz CT molecular complexity index is 933. The van der Waals surface area contributed by atoms with Crippen molar-refractivity contribution in [2.75, 3.05) is 5.32 Å². The maximum absolute atomic E-state index is 12.5. The lowest BCUT2D eigenvalue weighted by molar-refractivity contribution is -1.06. The number of halogens is 2. The van der Waals surface area contributed by atoms with E-state index in [4.69, 9.17) is 27.9 Å². The van der Waals surface area contributed by atoms with Gasteiger partial charge < -0.3 is 15.3 Å². The van der Waals surface area contributed by atoms with Crippen LogP contribution in [0.3, 0.4) is 0 Å². The number of nitrogens with one attached hydrogen (secondary N) is 2. The fourth-order valence-corrected chi connectivity index (χ4v) is 3.01.